The summed E-state index contributed by atoms with van der Waals surface area (Å²) in [6.07, 6.45) is 6.51. The first kappa shape index (κ1) is 20.4. The molecule has 2 saturated heterocycles. The maximum Gasteiger partial charge on any atom is 0.254 e. The Morgan fingerprint density at radius 1 is 1.10 bits per heavy atom. The van der Waals surface area contributed by atoms with Crippen LogP contribution in [0.25, 0.3) is 0 Å². The largest absolute Gasteiger partial charge is 0.375 e. The van der Waals surface area contributed by atoms with E-state index >= 15 is 0 Å². The Morgan fingerprint density at radius 2 is 1.90 bits per heavy atom. The fourth-order valence-electron chi connectivity index (χ4n) is 4.42. The molecule has 2 aliphatic heterocycles. The van der Waals surface area contributed by atoms with Crippen molar-refractivity contribution in [3.8, 4) is 0 Å². The van der Waals surface area contributed by atoms with Crippen LogP contribution in [-0.4, -0.2) is 67.0 Å². The molecule has 4 rings (SSSR count). The zero-order valence-corrected chi connectivity index (χ0v) is 17.5. The Morgan fingerprint density at radius 3 is 2.62 bits per heavy atom. The smallest absolute Gasteiger partial charge is 0.254 e. The van der Waals surface area contributed by atoms with Crippen molar-refractivity contribution in [2.24, 2.45) is 5.92 Å². The number of likely N-dealkylation sites (tertiary alicyclic amines) is 1. The lowest BCUT2D eigenvalue weighted by molar-refractivity contribution is -0.122. The summed E-state index contributed by atoms with van der Waals surface area (Å²) >= 11 is 0. The van der Waals surface area contributed by atoms with Crippen molar-refractivity contribution in [2.45, 2.75) is 51.6 Å². The minimum Gasteiger partial charge on any atom is -0.375 e. The number of anilines is 1. The van der Waals surface area contributed by atoms with Gasteiger partial charge in [-0.2, -0.15) is 0 Å². The molecule has 1 aliphatic carbocycles. The highest BCUT2D eigenvalue weighted by Gasteiger charge is 2.28. The predicted octanol–water partition coefficient (Wildman–Crippen LogP) is 3.06. The van der Waals surface area contributed by atoms with Crippen molar-refractivity contribution >= 4 is 17.5 Å². The second kappa shape index (κ2) is 9.26. The number of benzene rings is 1. The summed E-state index contributed by atoms with van der Waals surface area (Å²) in [6.45, 7) is 7.20. The summed E-state index contributed by atoms with van der Waals surface area (Å²) in [5.41, 5.74) is 2.38. The lowest BCUT2D eigenvalue weighted by Gasteiger charge is -2.27. The summed E-state index contributed by atoms with van der Waals surface area (Å²) in [7, 11) is 0. The molecule has 6 heteroatoms. The monoisotopic (exact) mass is 399 g/mol. The number of nitrogens with one attached hydrogen (secondary N) is 1. The fraction of sp³-hybridized carbons (Fsp3) is 0.652. The highest BCUT2D eigenvalue weighted by atomic mass is 16.5. The van der Waals surface area contributed by atoms with Crippen molar-refractivity contribution in [1.29, 1.82) is 0 Å². The van der Waals surface area contributed by atoms with Crippen LogP contribution in [0, 0.1) is 12.8 Å². The van der Waals surface area contributed by atoms with Crippen LogP contribution in [-0.2, 0) is 9.53 Å². The van der Waals surface area contributed by atoms with Gasteiger partial charge >= 0.3 is 0 Å². The van der Waals surface area contributed by atoms with Crippen molar-refractivity contribution in [2.75, 3.05) is 44.6 Å². The molecule has 1 N–H and O–H groups in total. The molecule has 158 valence electrons. The lowest BCUT2D eigenvalue weighted by Crippen LogP contribution is -2.41. The van der Waals surface area contributed by atoms with Crippen LogP contribution in [0.1, 0.15) is 54.4 Å². The molecule has 3 aliphatic rings. The molecule has 1 aromatic rings. The zero-order valence-electron chi connectivity index (χ0n) is 17.5. The molecular formula is C23H33N3O3. The molecule has 3 fully saturated rings. The maximum absolute atomic E-state index is 13.2. The Balaban J connectivity index is 1.42. The third kappa shape index (κ3) is 4.98. The third-order valence-corrected chi connectivity index (χ3v) is 6.52. The molecular weight excluding hydrogens is 366 g/mol. The Bertz CT molecular complexity index is 741. The molecule has 0 bridgehead atoms. The number of carbonyl (C=O) groups is 2. The topological polar surface area (TPSA) is 61.9 Å². The van der Waals surface area contributed by atoms with Crippen molar-refractivity contribution in [3.63, 3.8) is 0 Å². The second-order valence-electron chi connectivity index (χ2n) is 8.75. The number of rotatable bonds is 5. The first-order chi connectivity index (χ1) is 14.1. The van der Waals surface area contributed by atoms with Gasteiger partial charge in [-0.1, -0.05) is 12.5 Å². The molecule has 1 atom stereocenters. The van der Waals surface area contributed by atoms with Crippen LogP contribution < -0.4 is 5.32 Å². The summed E-state index contributed by atoms with van der Waals surface area (Å²) < 4.78 is 6.03. The van der Waals surface area contributed by atoms with E-state index in [0.717, 1.165) is 56.6 Å². The van der Waals surface area contributed by atoms with Gasteiger partial charge in [-0.3, -0.25) is 9.59 Å². The van der Waals surface area contributed by atoms with Gasteiger partial charge in [0.1, 0.15) is 0 Å². The van der Waals surface area contributed by atoms with Crippen molar-refractivity contribution in [3.05, 3.63) is 29.3 Å². The molecule has 0 radical (unpaired) electrons. The third-order valence-electron chi connectivity index (χ3n) is 6.52. The normalized spacial score (nSPS) is 23.5. The number of aryl methyl sites for hydroxylation is 1. The van der Waals surface area contributed by atoms with E-state index < -0.39 is 0 Å². The molecule has 2 amide bonds. The molecule has 29 heavy (non-hydrogen) atoms. The highest BCUT2D eigenvalue weighted by molar-refractivity contribution is 5.98. The molecule has 1 saturated carbocycles. The second-order valence-corrected chi connectivity index (χ2v) is 8.75. The van der Waals surface area contributed by atoms with E-state index in [1.165, 1.54) is 12.8 Å². The van der Waals surface area contributed by atoms with E-state index in [1.807, 2.05) is 30.0 Å². The standard InChI is InChI=1S/C23H33N3O3/c1-17-8-9-19(14-21(17)24-22(27)18-6-4-7-18)23(28)26-12-5-13-29-20(16-26)15-25-10-2-3-11-25/h8-9,14,18,20H,2-7,10-13,15-16H2,1H3,(H,24,27). The van der Waals surface area contributed by atoms with Crippen LogP contribution in [0.4, 0.5) is 5.69 Å². The Hall–Kier alpha value is -1.92. The number of hydrogen-bond donors (Lipinski definition) is 1. The number of carbonyl (C=O) groups excluding carboxylic acids is 2. The maximum atomic E-state index is 13.2. The molecule has 1 aromatic carbocycles. The predicted molar refractivity (Wildman–Crippen MR) is 113 cm³/mol. The van der Waals surface area contributed by atoms with Crippen LogP contribution in [0.3, 0.4) is 0 Å². The average molecular weight is 400 g/mol. The molecule has 0 spiro atoms. The summed E-state index contributed by atoms with van der Waals surface area (Å²) in [5, 5.41) is 3.04. The SMILES string of the molecule is Cc1ccc(C(=O)N2CCCOC(CN3CCCC3)C2)cc1NC(=O)C1CCC1. The zero-order chi connectivity index (χ0) is 20.2. The van der Waals surface area contributed by atoms with Gasteiger partial charge in [-0.15, -0.1) is 0 Å². The minimum absolute atomic E-state index is 0.0288. The quantitative estimate of drug-likeness (QED) is 0.827. The average Bonchev–Trinajstić information content (AvgIpc) is 3.05. The first-order valence-electron chi connectivity index (χ1n) is 11.1. The minimum atomic E-state index is 0.0288. The fourth-order valence-corrected chi connectivity index (χ4v) is 4.42. The van der Waals surface area contributed by atoms with E-state index in [0.29, 0.717) is 25.3 Å². The first-order valence-corrected chi connectivity index (χ1v) is 11.1. The van der Waals surface area contributed by atoms with Gasteiger partial charge in [0.25, 0.3) is 5.91 Å². The van der Waals surface area contributed by atoms with Gasteiger partial charge in [-0.05, 0) is 69.8 Å². The number of nitrogens with zero attached hydrogens (tertiary/aromatic N) is 2. The van der Waals surface area contributed by atoms with Gasteiger partial charge in [0, 0.05) is 43.4 Å². The van der Waals surface area contributed by atoms with Crippen molar-refractivity contribution in [1.82, 2.24) is 9.80 Å². The van der Waals surface area contributed by atoms with E-state index in [4.69, 9.17) is 4.74 Å². The van der Waals surface area contributed by atoms with E-state index in [9.17, 15) is 9.59 Å². The summed E-state index contributed by atoms with van der Waals surface area (Å²) in [6, 6.07) is 5.65. The summed E-state index contributed by atoms with van der Waals surface area (Å²) in [4.78, 5) is 30.0. The highest BCUT2D eigenvalue weighted by Crippen LogP contribution is 2.28. The molecule has 0 aromatic heterocycles. The van der Waals surface area contributed by atoms with Gasteiger partial charge in [0.15, 0.2) is 0 Å². The Kier molecular flexibility index (Phi) is 6.50. The van der Waals surface area contributed by atoms with E-state index in [-0.39, 0.29) is 23.8 Å². The van der Waals surface area contributed by atoms with Crippen LogP contribution >= 0.6 is 0 Å². The Labute approximate surface area is 173 Å². The van der Waals surface area contributed by atoms with Crippen molar-refractivity contribution < 1.29 is 14.3 Å². The number of hydrogen-bond acceptors (Lipinski definition) is 4. The number of ether oxygens (including phenoxy) is 1. The van der Waals surface area contributed by atoms with Crippen LogP contribution in [0.5, 0.6) is 0 Å². The van der Waals surface area contributed by atoms with Crippen LogP contribution in [0.15, 0.2) is 18.2 Å². The molecule has 6 nitrogen and oxygen atoms in total. The molecule has 1 unspecified atom stereocenters. The van der Waals surface area contributed by atoms with E-state index in [1.54, 1.807) is 0 Å². The van der Waals surface area contributed by atoms with Crippen LogP contribution in [0.2, 0.25) is 0 Å². The lowest BCUT2D eigenvalue weighted by atomic mass is 9.84. The van der Waals surface area contributed by atoms with Gasteiger partial charge in [0.05, 0.1) is 6.10 Å². The van der Waals surface area contributed by atoms with Gasteiger partial charge < -0.3 is 19.9 Å². The van der Waals surface area contributed by atoms with E-state index in [2.05, 4.69) is 10.2 Å². The number of amides is 2. The summed E-state index contributed by atoms with van der Waals surface area (Å²) in [5.74, 6) is 0.238. The van der Waals surface area contributed by atoms with Gasteiger partial charge in [0.2, 0.25) is 5.91 Å². The molecule has 2 heterocycles. The van der Waals surface area contributed by atoms with Gasteiger partial charge in [-0.25, -0.2) is 0 Å².